The van der Waals surface area contributed by atoms with Gasteiger partial charge in [0, 0.05) is 37.6 Å². The van der Waals surface area contributed by atoms with Gasteiger partial charge in [-0.15, -0.1) is 0 Å². The number of carbonyl (C=O) groups is 1. The van der Waals surface area contributed by atoms with Crippen molar-refractivity contribution >= 4 is 11.7 Å². The minimum atomic E-state index is -0.104. The number of rotatable bonds is 5. The van der Waals surface area contributed by atoms with Gasteiger partial charge in [-0.1, -0.05) is 18.2 Å². The molecule has 1 aliphatic heterocycles. The van der Waals surface area contributed by atoms with Crippen LogP contribution >= 0.6 is 0 Å². The van der Waals surface area contributed by atoms with Crippen LogP contribution in [0.4, 0.5) is 5.82 Å². The summed E-state index contributed by atoms with van der Waals surface area (Å²) in [5.74, 6) is 0.676. The molecule has 1 N–H and O–H groups in total. The van der Waals surface area contributed by atoms with Crippen LogP contribution in [0.25, 0.3) is 5.69 Å². The van der Waals surface area contributed by atoms with E-state index in [2.05, 4.69) is 20.3 Å². The number of pyridine rings is 1. The first kappa shape index (κ1) is 16.3. The summed E-state index contributed by atoms with van der Waals surface area (Å²) in [6.45, 7) is 2.35. The lowest BCUT2D eigenvalue weighted by molar-refractivity contribution is 0.0951. The minimum absolute atomic E-state index is 0.104. The van der Waals surface area contributed by atoms with E-state index in [1.807, 2.05) is 48.7 Å². The smallest absolute Gasteiger partial charge is 0.255 e. The first-order valence-electron chi connectivity index (χ1n) is 8.88. The van der Waals surface area contributed by atoms with E-state index in [4.69, 9.17) is 0 Å². The Kier molecular flexibility index (Phi) is 4.64. The molecule has 4 rings (SSSR count). The van der Waals surface area contributed by atoms with E-state index in [0.29, 0.717) is 12.1 Å². The number of carbonyl (C=O) groups excluding carboxylic acids is 1. The number of para-hydroxylation sites is 1. The molecule has 0 atom stereocenters. The Bertz CT molecular complexity index is 884. The molecule has 6 heteroatoms. The molecule has 3 aromatic rings. The van der Waals surface area contributed by atoms with Gasteiger partial charge in [0.1, 0.15) is 5.82 Å². The lowest BCUT2D eigenvalue weighted by Crippen LogP contribution is -2.27. The third kappa shape index (κ3) is 3.44. The maximum Gasteiger partial charge on any atom is 0.255 e. The van der Waals surface area contributed by atoms with E-state index in [1.165, 1.54) is 0 Å². The summed E-state index contributed by atoms with van der Waals surface area (Å²) in [7, 11) is 0. The minimum Gasteiger partial charge on any atom is -0.356 e. The highest BCUT2D eigenvalue weighted by Gasteiger charge is 2.20. The predicted octanol–water partition coefficient (Wildman–Crippen LogP) is 2.80. The summed E-state index contributed by atoms with van der Waals surface area (Å²) in [4.78, 5) is 19.3. The molecule has 1 fully saturated rings. The zero-order chi connectivity index (χ0) is 17.8. The molecule has 0 unspecified atom stereocenters. The molecule has 6 nitrogen and oxygen atoms in total. The van der Waals surface area contributed by atoms with Crippen molar-refractivity contribution in [3.8, 4) is 5.69 Å². The van der Waals surface area contributed by atoms with Gasteiger partial charge < -0.3 is 10.2 Å². The second kappa shape index (κ2) is 7.39. The standard InChI is InChI=1S/C20H21N5O/c26-20(18-9-6-10-21-19(18)24-11-4-5-12-24)22-13-16-14-23-25(15-16)17-7-2-1-3-8-17/h1-3,6-10,14-15H,4-5,11-13H2,(H,22,26). The molecule has 0 bridgehead atoms. The van der Waals surface area contributed by atoms with Crippen molar-refractivity contribution < 1.29 is 4.79 Å². The van der Waals surface area contributed by atoms with Gasteiger partial charge in [0.15, 0.2) is 0 Å². The monoisotopic (exact) mass is 347 g/mol. The fourth-order valence-corrected chi connectivity index (χ4v) is 3.21. The Balaban J connectivity index is 1.44. The van der Waals surface area contributed by atoms with Crippen LogP contribution < -0.4 is 10.2 Å². The van der Waals surface area contributed by atoms with Crippen LogP contribution in [0.2, 0.25) is 0 Å². The lowest BCUT2D eigenvalue weighted by Gasteiger charge is -2.19. The molecule has 1 amide bonds. The van der Waals surface area contributed by atoms with Crippen LogP contribution in [0.15, 0.2) is 61.1 Å². The van der Waals surface area contributed by atoms with Crippen molar-refractivity contribution in [3.05, 3.63) is 72.2 Å². The molecule has 0 radical (unpaired) electrons. The number of hydrogen-bond donors (Lipinski definition) is 1. The zero-order valence-corrected chi connectivity index (χ0v) is 14.5. The van der Waals surface area contributed by atoms with Crippen LogP contribution in [0, 0.1) is 0 Å². The molecule has 0 spiro atoms. The summed E-state index contributed by atoms with van der Waals surface area (Å²) in [5.41, 5.74) is 2.58. The van der Waals surface area contributed by atoms with Gasteiger partial charge in [0.05, 0.1) is 17.4 Å². The van der Waals surface area contributed by atoms with Crippen molar-refractivity contribution in [2.24, 2.45) is 0 Å². The van der Waals surface area contributed by atoms with Crippen molar-refractivity contribution in [1.82, 2.24) is 20.1 Å². The van der Waals surface area contributed by atoms with E-state index in [1.54, 1.807) is 17.1 Å². The molecular weight excluding hydrogens is 326 g/mol. The number of anilines is 1. The van der Waals surface area contributed by atoms with Crippen LogP contribution in [-0.4, -0.2) is 33.8 Å². The first-order valence-corrected chi connectivity index (χ1v) is 8.88. The molecule has 1 aliphatic rings. The summed E-state index contributed by atoms with van der Waals surface area (Å²) < 4.78 is 1.81. The molecular formula is C20H21N5O. The highest BCUT2D eigenvalue weighted by Crippen LogP contribution is 2.21. The topological polar surface area (TPSA) is 63.1 Å². The number of amides is 1. The molecule has 2 aromatic heterocycles. The molecule has 1 saturated heterocycles. The molecule has 3 heterocycles. The largest absolute Gasteiger partial charge is 0.356 e. The maximum absolute atomic E-state index is 12.7. The molecule has 0 saturated carbocycles. The molecule has 26 heavy (non-hydrogen) atoms. The van der Waals surface area contributed by atoms with Crippen molar-refractivity contribution in [3.63, 3.8) is 0 Å². The van der Waals surface area contributed by atoms with Crippen LogP contribution in [-0.2, 0) is 6.54 Å². The Labute approximate surface area is 152 Å². The zero-order valence-electron chi connectivity index (χ0n) is 14.5. The van der Waals surface area contributed by atoms with Crippen molar-refractivity contribution in [2.45, 2.75) is 19.4 Å². The van der Waals surface area contributed by atoms with E-state index in [-0.39, 0.29) is 5.91 Å². The predicted molar refractivity (Wildman–Crippen MR) is 100 cm³/mol. The Morgan fingerprint density at radius 1 is 1.08 bits per heavy atom. The Morgan fingerprint density at radius 2 is 1.88 bits per heavy atom. The van der Waals surface area contributed by atoms with Crippen molar-refractivity contribution in [1.29, 1.82) is 0 Å². The number of hydrogen-bond acceptors (Lipinski definition) is 4. The highest BCUT2D eigenvalue weighted by atomic mass is 16.1. The second-order valence-electron chi connectivity index (χ2n) is 6.38. The summed E-state index contributed by atoms with van der Waals surface area (Å²) >= 11 is 0. The average molecular weight is 347 g/mol. The van der Waals surface area contributed by atoms with Gasteiger partial charge >= 0.3 is 0 Å². The Hall–Kier alpha value is -3.15. The maximum atomic E-state index is 12.7. The van der Waals surface area contributed by atoms with Gasteiger partial charge in [0.2, 0.25) is 0 Å². The van der Waals surface area contributed by atoms with E-state index < -0.39 is 0 Å². The third-order valence-electron chi connectivity index (χ3n) is 4.55. The summed E-state index contributed by atoms with van der Waals surface area (Å²) in [5, 5.41) is 7.35. The van der Waals surface area contributed by atoms with Crippen LogP contribution in [0.5, 0.6) is 0 Å². The normalized spacial score (nSPS) is 13.8. The SMILES string of the molecule is O=C(NCc1cnn(-c2ccccc2)c1)c1cccnc1N1CCCC1. The third-order valence-corrected chi connectivity index (χ3v) is 4.55. The highest BCUT2D eigenvalue weighted by molar-refractivity contribution is 5.98. The first-order chi connectivity index (χ1) is 12.8. The average Bonchev–Trinajstić information content (AvgIpc) is 3.39. The fraction of sp³-hybridized carbons (Fsp3) is 0.250. The number of benzene rings is 1. The second-order valence-corrected chi connectivity index (χ2v) is 6.38. The lowest BCUT2D eigenvalue weighted by atomic mass is 10.2. The summed E-state index contributed by atoms with van der Waals surface area (Å²) in [6, 6.07) is 13.5. The van der Waals surface area contributed by atoms with Gasteiger partial charge in [-0.05, 0) is 37.1 Å². The Morgan fingerprint density at radius 3 is 2.69 bits per heavy atom. The van der Waals surface area contributed by atoms with E-state index >= 15 is 0 Å². The van der Waals surface area contributed by atoms with Gasteiger partial charge in [0.25, 0.3) is 5.91 Å². The number of nitrogens with one attached hydrogen (secondary N) is 1. The van der Waals surface area contributed by atoms with Gasteiger partial charge in [-0.2, -0.15) is 5.10 Å². The summed E-state index contributed by atoms with van der Waals surface area (Å²) in [6.07, 6.45) is 7.75. The molecule has 132 valence electrons. The number of nitrogens with zero attached hydrogens (tertiary/aromatic N) is 4. The van der Waals surface area contributed by atoms with Gasteiger partial charge in [-0.3, -0.25) is 4.79 Å². The molecule has 0 aliphatic carbocycles. The van der Waals surface area contributed by atoms with Crippen LogP contribution in [0.1, 0.15) is 28.8 Å². The van der Waals surface area contributed by atoms with E-state index in [0.717, 1.165) is 43.0 Å². The van der Waals surface area contributed by atoms with Gasteiger partial charge in [-0.25, -0.2) is 9.67 Å². The number of aromatic nitrogens is 3. The van der Waals surface area contributed by atoms with Crippen molar-refractivity contribution in [2.75, 3.05) is 18.0 Å². The van der Waals surface area contributed by atoms with Crippen LogP contribution in [0.3, 0.4) is 0 Å². The fourth-order valence-electron chi connectivity index (χ4n) is 3.21. The molecule has 1 aromatic carbocycles. The van der Waals surface area contributed by atoms with E-state index in [9.17, 15) is 4.79 Å². The quantitative estimate of drug-likeness (QED) is 0.771.